The predicted molar refractivity (Wildman–Crippen MR) is 68.2 cm³/mol. The van der Waals surface area contributed by atoms with Crippen LogP contribution in [0.3, 0.4) is 0 Å². The minimum Gasteiger partial charge on any atom is -0.363 e. The first-order valence-electron chi connectivity index (χ1n) is 5.58. The summed E-state index contributed by atoms with van der Waals surface area (Å²) in [4.78, 5) is 0. The van der Waals surface area contributed by atoms with Gasteiger partial charge in [0.1, 0.15) is 12.2 Å². The molecule has 1 rings (SSSR count). The van der Waals surface area contributed by atoms with Crippen LogP contribution in [-0.4, -0.2) is 33.0 Å². The van der Waals surface area contributed by atoms with Gasteiger partial charge in [-0.3, -0.25) is 0 Å². The average molecular weight is 241 g/mol. The van der Waals surface area contributed by atoms with Crippen LogP contribution in [0.2, 0.25) is 0 Å². The van der Waals surface area contributed by atoms with Crippen molar-refractivity contribution in [3.63, 3.8) is 0 Å². The van der Waals surface area contributed by atoms with Crippen molar-refractivity contribution in [3.8, 4) is 0 Å². The predicted octanol–water partition coefficient (Wildman–Crippen LogP) is 0.622. The maximum atomic E-state index is 5.13. The summed E-state index contributed by atoms with van der Waals surface area (Å²) in [5, 5.41) is 14.8. The largest absolute Gasteiger partial charge is 0.363 e. The van der Waals surface area contributed by atoms with Gasteiger partial charge in [-0.1, -0.05) is 13.3 Å². The molecule has 0 aliphatic rings. The molecule has 5 nitrogen and oxygen atoms in total. The van der Waals surface area contributed by atoms with Crippen molar-refractivity contribution in [3.05, 3.63) is 12.2 Å². The zero-order chi connectivity index (χ0) is 11.8. The van der Waals surface area contributed by atoms with Gasteiger partial charge in [-0.15, -0.1) is 10.2 Å². The molecule has 0 saturated carbocycles. The Morgan fingerprint density at radius 1 is 1.44 bits per heavy atom. The van der Waals surface area contributed by atoms with Crippen LogP contribution >= 0.6 is 12.2 Å². The van der Waals surface area contributed by atoms with Crippen LogP contribution in [0.5, 0.6) is 0 Å². The van der Waals surface area contributed by atoms with Gasteiger partial charge < -0.3 is 15.2 Å². The second-order valence-electron chi connectivity index (χ2n) is 3.64. The maximum Gasteiger partial charge on any atom is 0.166 e. The lowest BCUT2D eigenvalue weighted by Gasteiger charge is -2.09. The van der Waals surface area contributed by atoms with Crippen LogP contribution < -0.4 is 10.6 Å². The van der Waals surface area contributed by atoms with E-state index >= 15 is 0 Å². The summed E-state index contributed by atoms with van der Waals surface area (Å²) in [6.07, 6.45) is 4.85. The minimum atomic E-state index is 0.718. The van der Waals surface area contributed by atoms with E-state index in [-0.39, 0.29) is 0 Å². The van der Waals surface area contributed by atoms with E-state index in [1.807, 2.05) is 11.6 Å². The van der Waals surface area contributed by atoms with Crippen LogP contribution in [0.15, 0.2) is 6.33 Å². The molecule has 1 aromatic heterocycles. The Kier molecular flexibility index (Phi) is 5.77. The number of aromatic nitrogens is 3. The number of hydrogen-bond acceptors (Lipinski definition) is 3. The number of rotatable bonds is 6. The molecule has 0 spiro atoms. The van der Waals surface area contributed by atoms with E-state index in [0.717, 1.165) is 36.9 Å². The molecule has 0 bridgehead atoms. The van der Waals surface area contributed by atoms with Crippen LogP contribution in [0.25, 0.3) is 0 Å². The van der Waals surface area contributed by atoms with Crippen LogP contribution in [0.1, 0.15) is 25.6 Å². The van der Waals surface area contributed by atoms with Crippen LogP contribution in [0.4, 0.5) is 0 Å². The zero-order valence-corrected chi connectivity index (χ0v) is 10.7. The van der Waals surface area contributed by atoms with E-state index in [9.17, 15) is 0 Å². The lowest BCUT2D eigenvalue weighted by Crippen LogP contribution is -2.37. The van der Waals surface area contributed by atoms with Gasteiger partial charge in [0.15, 0.2) is 5.11 Å². The lowest BCUT2D eigenvalue weighted by atomic mass is 10.3. The van der Waals surface area contributed by atoms with Crippen molar-refractivity contribution in [1.29, 1.82) is 0 Å². The van der Waals surface area contributed by atoms with Crippen molar-refractivity contribution < 1.29 is 0 Å². The molecule has 1 heterocycles. The summed E-state index contributed by atoms with van der Waals surface area (Å²) >= 11 is 5.13. The highest BCUT2D eigenvalue weighted by Gasteiger charge is 2.00. The second kappa shape index (κ2) is 7.16. The first-order chi connectivity index (χ1) is 7.74. The third kappa shape index (κ3) is 4.57. The van der Waals surface area contributed by atoms with E-state index < -0.39 is 0 Å². The second-order valence-corrected chi connectivity index (χ2v) is 4.05. The van der Waals surface area contributed by atoms with Gasteiger partial charge in [-0.05, 0) is 18.6 Å². The Labute approximate surface area is 102 Å². The highest BCUT2D eigenvalue weighted by molar-refractivity contribution is 7.80. The SMILES string of the molecule is CCCCNC(=S)NCCc1nncn1C. The number of hydrogen-bond donors (Lipinski definition) is 2. The average Bonchev–Trinajstić information content (AvgIpc) is 2.65. The number of nitrogens with zero attached hydrogens (tertiary/aromatic N) is 3. The molecule has 90 valence electrons. The van der Waals surface area contributed by atoms with E-state index in [2.05, 4.69) is 27.8 Å². The molecule has 0 aliphatic heterocycles. The Morgan fingerprint density at radius 3 is 2.81 bits per heavy atom. The van der Waals surface area contributed by atoms with Crippen molar-refractivity contribution >= 4 is 17.3 Å². The fraction of sp³-hybridized carbons (Fsp3) is 0.700. The number of aryl methyl sites for hydroxylation is 1. The maximum absolute atomic E-state index is 5.13. The van der Waals surface area contributed by atoms with Crippen molar-refractivity contribution in [2.75, 3.05) is 13.1 Å². The summed E-state index contributed by atoms with van der Waals surface area (Å²) < 4.78 is 1.91. The third-order valence-electron chi connectivity index (χ3n) is 2.26. The summed E-state index contributed by atoms with van der Waals surface area (Å²) in [7, 11) is 1.94. The van der Waals surface area contributed by atoms with E-state index in [4.69, 9.17) is 12.2 Å². The molecule has 0 aliphatic carbocycles. The molecule has 0 saturated heterocycles. The highest BCUT2D eigenvalue weighted by Crippen LogP contribution is 1.91. The smallest absolute Gasteiger partial charge is 0.166 e. The van der Waals surface area contributed by atoms with E-state index in [0.29, 0.717) is 0 Å². The fourth-order valence-electron chi connectivity index (χ4n) is 1.26. The van der Waals surface area contributed by atoms with Crippen molar-refractivity contribution in [2.24, 2.45) is 7.05 Å². The first-order valence-corrected chi connectivity index (χ1v) is 5.99. The first kappa shape index (κ1) is 12.9. The molecular formula is C10H19N5S. The molecule has 0 amide bonds. The number of thiocarbonyl (C=S) groups is 1. The molecule has 0 aromatic carbocycles. The Morgan fingerprint density at radius 2 is 2.19 bits per heavy atom. The molecule has 6 heteroatoms. The summed E-state index contributed by atoms with van der Waals surface area (Å²) in [5.74, 6) is 0.962. The standard InChI is InChI=1S/C10H19N5S/c1-3-4-6-11-10(16)12-7-5-9-14-13-8-15(9)2/h8H,3-7H2,1-2H3,(H2,11,12,16). The Bertz CT molecular complexity index is 323. The molecule has 2 N–H and O–H groups in total. The van der Waals surface area contributed by atoms with Gasteiger partial charge >= 0.3 is 0 Å². The third-order valence-corrected chi connectivity index (χ3v) is 2.54. The minimum absolute atomic E-state index is 0.718. The molecule has 0 atom stereocenters. The summed E-state index contributed by atoms with van der Waals surface area (Å²) in [5.41, 5.74) is 0. The number of unbranched alkanes of at least 4 members (excludes halogenated alkanes) is 1. The number of nitrogens with one attached hydrogen (secondary N) is 2. The zero-order valence-electron chi connectivity index (χ0n) is 9.86. The van der Waals surface area contributed by atoms with Gasteiger partial charge in [-0.25, -0.2) is 0 Å². The topological polar surface area (TPSA) is 54.8 Å². The highest BCUT2D eigenvalue weighted by atomic mass is 32.1. The van der Waals surface area contributed by atoms with Crippen LogP contribution in [-0.2, 0) is 13.5 Å². The lowest BCUT2D eigenvalue weighted by molar-refractivity contribution is 0.717. The van der Waals surface area contributed by atoms with E-state index in [1.165, 1.54) is 6.42 Å². The van der Waals surface area contributed by atoms with Gasteiger partial charge in [0.2, 0.25) is 0 Å². The van der Waals surface area contributed by atoms with Gasteiger partial charge in [0.05, 0.1) is 0 Å². The normalized spacial score (nSPS) is 10.1. The molecular weight excluding hydrogens is 222 g/mol. The fourth-order valence-corrected chi connectivity index (χ4v) is 1.47. The molecule has 0 unspecified atom stereocenters. The monoisotopic (exact) mass is 241 g/mol. The quantitative estimate of drug-likeness (QED) is 0.565. The Hall–Kier alpha value is -1.17. The Balaban J connectivity index is 2.11. The molecule has 0 fully saturated rings. The van der Waals surface area contributed by atoms with Gasteiger partial charge in [0, 0.05) is 26.6 Å². The van der Waals surface area contributed by atoms with Crippen LogP contribution in [0, 0.1) is 0 Å². The van der Waals surface area contributed by atoms with Crippen molar-refractivity contribution in [1.82, 2.24) is 25.4 Å². The van der Waals surface area contributed by atoms with Gasteiger partial charge in [0.25, 0.3) is 0 Å². The molecule has 0 radical (unpaired) electrons. The van der Waals surface area contributed by atoms with Crippen molar-refractivity contribution in [2.45, 2.75) is 26.2 Å². The molecule has 16 heavy (non-hydrogen) atoms. The molecule has 1 aromatic rings. The van der Waals surface area contributed by atoms with E-state index in [1.54, 1.807) is 6.33 Å². The summed E-state index contributed by atoms with van der Waals surface area (Å²) in [6, 6.07) is 0. The van der Waals surface area contributed by atoms with Gasteiger partial charge in [-0.2, -0.15) is 0 Å². The summed E-state index contributed by atoms with van der Waals surface area (Å²) in [6.45, 7) is 3.88.